The topological polar surface area (TPSA) is 101 Å². The van der Waals surface area contributed by atoms with E-state index in [1.165, 1.54) is 5.39 Å². The molecule has 6 aromatic rings. The summed E-state index contributed by atoms with van der Waals surface area (Å²) in [5, 5.41) is 59.0. The number of hydrogen-bond acceptors (Lipinski definition) is 5. The maximum atomic E-state index is 10.9. The van der Waals surface area contributed by atoms with Crippen molar-refractivity contribution in [1.82, 2.24) is 0 Å². The first kappa shape index (κ1) is 24.9. The zero-order chi connectivity index (χ0) is 28.0. The summed E-state index contributed by atoms with van der Waals surface area (Å²) in [4.78, 5) is 0. The minimum atomic E-state index is -1.06. The number of fused-ring (bicyclic) bond motifs is 5. The zero-order valence-electron chi connectivity index (χ0n) is 21.5. The highest BCUT2D eigenvalue weighted by atomic mass is 16.4. The maximum Gasteiger partial charge on any atom is 0.207 e. The lowest BCUT2D eigenvalue weighted by Crippen LogP contribution is -2.03. The standard InChI is InChI=1S/C35H26O5/c1-20(36)33(38)35(40)34(39)31(37)19-29-25-14-6-8-16-27(25)32(28-17-9-7-15-26(28)29)30-18-21-10-2-3-11-22(21)23-12-4-5-13-24(23)30/h2-18,36-40H,1,19H2/b34-31-,35-33-. The molecule has 0 bridgehead atoms. The van der Waals surface area contributed by atoms with Crippen molar-refractivity contribution >= 4 is 43.1 Å². The minimum absolute atomic E-state index is 0.138. The van der Waals surface area contributed by atoms with Crippen LogP contribution in [0.4, 0.5) is 0 Å². The number of allylic oxidation sites excluding steroid dienone is 1. The van der Waals surface area contributed by atoms with Gasteiger partial charge in [-0.05, 0) is 65.8 Å². The molecule has 0 unspecified atom stereocenters. The van der Waals surface area contributed by atoms with Crippen LogP contribution in [0.1, 0.15) is 5.56 Å². The van der Waals surface area contributed by atoms with Crippen molar-refractivity contribution in [2.24, 2.45) is 0 Å². The van der Waals surface area contributed by atoms with Crippen molar-refractivity contribution in [2.45, 2.75) is 6.42 Å². The van der Waals surface area contributed by atoms with Crippen molar-refractivity contribution in [3.63, 3.8) is 0 Å². The molecule has 0 spiro atoms. The van der Waals surface area contributed by atoms with Crippen molar-refractivity contribution in [3.05, 3.63) is 144 Å². The second-order valence-corrected chi connectivity index (χ2v) is 9.75. The number of aliphatic hydroxyl groups is 5. The van der Waals surface area contributed by atoms with Gasteiger partial charge >= 0.3 is 0 Å². The quantitative estimate of drug-likeness (QED) is 0.0667. The molecule has 0 aliphatic rings. The summed E-state index contributed by atoms with van der Waals surface area (Å²) in [5.41, 5.74) is 2.88. The molecule has 0 aromatic heterocycles. The van der Waals surface area contributed by atoms with Crippen LogP contribution in [0.25, 0.3) is 54.2 Å². The van der Waals surface area contributed by atoms with E-state index in [1.54, 1.807) is 0 Å². The summed E-state index contributed by atoms with van der Waals surface area (Å²) in [6.45, 7) is 3.14. The van der Waals surface area contributed by atoms with E-state index < -0.39 is 28.8 Å². The third kappa shape index (κ3) is 3.96. The van der Waals surface area contributed by atoms with Crippen LogP contribution in [0, 0.1) is 0 Å². The summed E-state index contributed by atoms with van der Waals surface area (Å²) in [6.07, 6.45) is -0.138. The predicted octanol–water partition coefficient (Wildman–Crippen LogP) is 9.24. The van der Waals surface area contributed by atoms with Gasteiger partial charge in [-0.25, -0.2) is 0 Å². The molecule has 0 amide bonds. The van der Waals surface area contributed by atoms with E-state index in [0.29, 0.717) is 0 Å². The Morgan fingerprint density at radius 3 is 1.55 bits per heavy atom. The molecular weight excluding hydrogens is 500 g/mol. The van der Waals surface area contributed by atoms with Gasteiger partial charge < -0.3 is 25.5 Å². The normalized spacial score (nSPS) is 13.0. The Balaban J connectivity index is 1.69. The molecule has 196 valence electrons. The van der Waals surface area contributed by atoms with Crippen molar-refractivity contribution < 1.29 is 25.5 Å². The molecule has 0 fully saturated rings. The van der Waals surface area contributed by atoms with Gasteiger partial charge in [0.1, 0.15) is 5.76 Å². The Bertz CT molecular complexity index is 1990. The van der Waals surface area contributed by atoms with Gasteiger partial charge in [0.05, 0.1) is 0 Å². The Morgan fingerprint density at radius 2 is 0.975 bits per heavy atom. The molecule has 40 heavy (non-hydrogen) atoms. The van der Waals surface area contributed by atoms with Gasteiger partial charge in [0.15, 0.2) is 11.5 Å². The molecule has 5 nitrogen and oxygen atoms in total. The highest BCUT2D eigenvalue weighted by Gasteiger charge is 2.21. The largest absolute Gasteiger partial charge is 0.508 e. The highest BCUT2D eigenvalue weighted by Crippen LogP contribution is 2.44. The lowest BCUT2D eigenvalue weighted by molar-refractivity contribution is 0.244. The maximum absolute atomic E-state index is 10.9. The third-order valence-electron chi connectivity index (χ3n) is 7.42. The van der Waals surface area contributed by atoms with E-state index in [0.717, 1.165) is 54.4 Å². The third-order valence-corrected chi connectivity index (χ3v) is 7.42. The Kier molecular flexibility index (Phi) is 6.04. The number of aliphatic hydroxyl groups excluding tert-OH is 5. The van der Waals surface area contributed by atoms with Crippen LogP contribution in [-0.2, 0) is 6.42 Å². The Labute approximate surface area is 230 Å². The minimum Gasteiger partial charge on any atom is -0.508 e. The van der Waals surface area contributed by atoms with Crippen molar-refractivity contribution in [2.75, 3.05) is 0 Å². The second kappa shape index (κ2) is 9.71. The fourth-order valence-corrected chi connectivity index (χ4v) is 5.60. The number of benzene rings is 6. The number of hydrogen-bond donors (Lipinski definition) is 5. The van der Waals surface area contributed by atoms with Crippen molar-refractivity contribution in [1.29, 1.82) is 0 Å². The van der Waals surface area contributed by atoms with Gasteiger partial charge in [-0.15, -0.1) is 0 Å². The van der Waals surface area contributed by atoms with E-state index >= 15 is 0 Å². The molecule has 6 rings (SSSR count). The summed E-state index contributed by atoms with van der Waals surface area (Å²) in [5.74, 6) is -4.41. The van der Waals surface area contributed by atoms with E-state index in [9.17, 15) is 25.5 Å². The lowest BCUT2D eigenvalue weighted by Gasteiger charge is -2.19. The van der Waals surface area contributed by atoms with Gasteiger partial charge in [0.2, 0.25) is 11.5 Å². The monoisotopic (exact) mass is 526 g/mol. The van der Waals surface area contributed by atoms with Crippen LogP contribution in [0.2, 0.25) is 0 Å². The highest BCUT2D eigenvalue weighted by molar-refractivity contribution is 6.22. The predicted molar refractivity (Wildman–Crippen MR) is 162 cm³/mol. The fraction of sp³-hybridized carbons (Fsp3) is 0.0286. The van der Waals surface area contributed by atoms with Gasteiger partial charge in [-0.1, -0.05) is 104 Å². The molecule has 5 N–H and O–H groups in total. The second-order valence-electron chi connectivity index (χ2n) is 9.75. The van der Waals surface area contributed by atoms with Gasteiger partial charge in [0.25, 0.3) is 0 Å². The van der Waals surface area contributed by atoms with E-state index in [2.05, 4.69) is 36.9 Å². The van der Waals surface area contributed by atoms with E-state index in [1.807, 2.05) is 72.8 Å². The number of rotatable bonds is 5. The van der Waals surface area contributed by atoms with E-state index in [-0.39, 0.29) is 6.42 Å². The summed E-state index contributed by atoms with van der Waals surface area (Å²) >= 11 is 0. The van der Waals surface area contributed by atoms with Crippen LogP contribution in [0.5, 0.6) is 0 Å². The van der Waals surface area contributed by atoms with Crippen LogP contribution < -0.4 is 0 Å². The van der Waals surface area contributed by atoms with Gasteiger partial charge in [-0.2, -0.15) is 0 Å². The SMILES string of the molecule is C=C(O)/C(O)=C(O)\C(O)=C(\O)Cc1c2ccccc2c(-c2cc3ccccc3c3ccccc23)c2ccccc12. The van der Waals surface area contributed by atoms with Gasteiger partial charge in [-0.3, -0.25) is 0 Å². The van der Waals surface area contributed by atoms with Crippen LogP contribution in [-0.4, -0.2) is 25.5 Å². The average molecular weight is 527 g/mol. The molecule has 0 aliphatic carbocycles. The molecule has 5 heteroatoms. The molecule has 6 aromatic carbocycles. The molecular formula is C35H26O5. The fourth-order valence-electron chi connectivity index (χ4n) is 5.60. The molecule has 0 atom stereocenters. The van der Waals surface area contributed by atoms with Gasteiger partial charge in [0, 0.05) is 6.42 Å². The van der Waals surface area contributed by atoms with E-state index in [4.69, 9.17) is 0 Å². The summed E-state index contributed by atoms with van der Waals surface area (Å²) in [6, 6.07) is 34.7. The summed E-state index contributed by atoms with van der Waals surface area (Å²) < 4.78 is 0. The van der Waals surface area contributed by atoms with Crippen molar-refractivity contribution in [3.8, 4) is 11.1 Å². The zero-order valence-corrected chi connectivity index (χ0v) is 21.5. The lowest BCUT2D eigenvalue weighted by atomic mass is 9.84. The Hall–Kier alpha value is -5.42. The summed E-state index contributed by atoms with van der Waals surface area (Å²) in [7, 11) is 0. The molecule has 0 aliphatic heterocycles. The van der Waals surface area contributed by atoms with Crippen LogP contribution in [0.15, 0.2) is 139 Å². The smallest absolute Gasteiger partial charge is 0.207 e. The average Bonchev–Trinajstić information content (AvgIpc) is 2.99. The van der Waals surface area contributed by atoms with Crippen LogP contribution in [0.3, 0.4) is 0 Å². The Morgan fingerprint density at radius 1 is 0.500 bits per heavy atom. The first-order chi connectivity index (χ1) is 19.4. The van der Waals surface area contributed by atoms with Crippen LogP contribution >= 0.6 is 0 Å². The molecule has 0 saturated carbocycles. The molecule has 0 radical (unpaired) electrons. The molecule has 0 heterocycles. The first-order valence-electron chi connectivity index (χ1n) is 12.8. The molecule has 0 saturated heterocycles. The first-order valence-corrected chi connectivity index (χ1v) is 12.8.